The molecule has 1 aliphatic rings. The molecule has 1 heteroatoms. The van der Waals surface area contributed by atoms with Crippen molar-refractivity contribution in [2.75, 3.05) is 0 Å². The van der Waals surface area contributed by atoms with Gasteiger partial charge in [0.05, 0.1) is 0 Å². The molecule has 0 N–H and O–H groups in total. The third-order valence-corrected chi connectivity index (χ3v) is 4.15. The monoisotopic (exact) mass is 236 g/mol. The fraction of sp³-hybridized carbons (Fsp3) is 0.600. The predicted octanol–water partition coefficient (Wildman–Crippen LogP) is 4.90. The van der Waals surface area contributed by atoms with E-state index in [-0.39, 0.29) is 0 Å². The minimum Gasteiger partial charge on any atom is -0.122 e. The lowest BCUT2D eigenvalue weighted by Crippen LogP contribution is -2.17. The molecule has 0 radical (unpaired) electrons. The summed E-state index contributed by atoms with van der Waals surface area (Å²) in [6.45, 7) is 2.23. The van der Waals surface area contributed by atoms with E-state index in [2.05, 4.69) is 31.2 Å². The van der Waals surface area contributed by atoms with Crippen molar-refractivity contribution >= 4 is 11.6 Å². The van der Waals surface area contributed by atoms with Crippen LogP contribution in [-0.2, 0) is 6.42 Å². The van der Waals surface area contributed by atoms with Gasteiger partial charge >= 0.3 is 0 Å². The molecule has 1 aliphatic carbocycles. The third-order valence-electron chi connectivity index (χ3n) is 3.63. The largest absolute Gasteiger partial charge is 0.122 e. The number of benzene rings is 1. The van der Waals surface area contributed by atoms with Gasteiger partial charge < -0.3 is 0 Å². The van der Waals surface area contributed by atoms with Gasteiger partial charge in [-0.05, 0) is 30.4 Å². The first-order valence-electron chi connectivity index (χ1n) is 6.54. The van der Waals surface area contributed by atoms with Crippen LogP contribution in [0, 0.1) is 0 Å². The molecule has 88 valence electrons. The molecule has 0 nitrogen and oxygen atoms in total. The van der Waals surface area contributed by atoms with Crippen molar-refractivity contribution in [1.82, 2.24) is 0 Å². The van der Waals surface area contributed by atoms with E-state index in [1.54, 1.807) is 0 Å². The molecule has 1 aromatic carbocycles. The number of rotatable bonds is 3. The number of hydrogen-bond donors (Lipinski definition) is 0. The average molecular weight is 237 g/mol. The molecule has 16 heavy (non-hydrogen) atoms. The summed E-state index contributed by atoms with van der Waals surface area (Å²) in [4.78, 5) is 0. The fourth-order valence-electron chi connectivity index (χ4n) is 2.68. The van der Waals surface area contributed by atoms with E-state index in [9.17, 15) is 0 Å². The van der Waals surface area contributed by atoms with Crippen LogP contribution < -0.4 is 0 Å². The van der Waals surface area contributed by atoms with Crippen LogP contribution >= 0.6 is 11.6 Å². The lowest BCUT2D eigenvalue weighted by Gasteiger charge is -2.27. The highest BCUT2D eigenvalue weighted by atomic mass is 35.5. The summed E-state index contributed by atoms with van der Waals surface area (Å²) in [6.07, 6.45) is 7.50. The Morgan fingerprint density at radius 2 is 1.81 bits per heavy atom. The van der Waals surface area contributed by atoms with E-state index < -0.39 is 0 Å². The summed E-state index contributed by atoms with van der Waals surface area (Å²) in [6, 6.07) is 9.13. The maximum absolute atomic E-state index is 6.42. The third kappa shape index (κ3) is 2.79. The molecule has 2 rings (SSSR count). The van der Waals surface area contributed by atoms with Gasteiger partial charge in [0.15, 0.2) is 0 Å². The Bertz CT molecular complexity index is 315. The molecule has 2 atom stereocenters. The van der Waals surface area contributed by atoms with Gasteiger partial charge in [-0.15, -0.1) is 11.6 Å². The molecular weight excluding hydrogens is 216 g/mol. The zero-order chi connectivity index (χ0) is 11.4. The van der Waals surface area contributed by atoms with Crippen molar-refractivity contribution in [1.29, 1.82) is 0 Å². The van der Waals surface area contributed by atoms with Gasteiger partial charge in [0, 0.05) is 11.3 Å². The standard InChI is InChI=1S/C15H21Cl/c1-2-5-12-8-10-13(11-9-12)14-6-3-4-7-15(14)16/h8-11,14-15H,2-7H2,1H3. The van der Waals surface area contributed by atoms with E-state index in [4.69, 9.17) is 11.6 Å². The second-order valence-electron chi connectivity index (χ2n) is 4.90. The van der Waals surface area contributed by atoms with Gasteiger partial charge in [-0.2, -0.15) is 0 Å². The second-order valence-corrected chi connectivity index (χ2v) is 5.46. The zero-order valence-electron chi connectivity index (χ0n) is 10.1. The minimum absolute atomic E-state index is 0.353. The first-order valence-corrected chi connectivity index (χ1v) is 6.98. The van der Waals surface area contributed by atoms with Crippen molar-refractivity contribution < 1.29 is 0 Å². The van der Waals surface area contributed by atoms with Gasteiger partial charge in [0.2, 0.25) is 0 Å². The molecule has 0 bridgehead atoms. The molecule has 0 aromatic heterocycles. The van der Waals surface area contributed by atoms with Crippen LogP contribution in [-0.4, -0.2) is 5.38 Å². The van der Waals surface area contributed by atoms with Gasteiger partial charge in [0.25, 0.3) is 0 Å². The number of aryl methyl sites for hydroxylation is 1. The highest BCUT2D eigenvalue weighted by Crippen LogP contribution is 2.36. The predicted molar refractivity (Wildman–Crippen MR) is 71.3 cm³/mol. The Kier molecular flexibility index (Phi) is 4.29. The molecule has 0 spiro atoms. The number of alkyl halides is 1. The van der Waals surface area contributed by atoms with Crippen molar-refractivity contribution in [2.45, 2.75) is 56.7 Å². The van der Waals surface area contributed by atoms with Crippen molar-refractivity contribution in [2.24, 2.45) is 0 Å². The van der Waals surface area contributed by atoms with Crippen LogP contribution in [0.4, 0.5) is 0 Å². The Labute approximate surface area is 104 Å². The first-order chi connectivity index (χ1) is 7.81. The molecule has 2 unspecified atom stereocenters. The van der Waals surface area contributed by atoms with Crippen LogP contribution in [0.3, 0.4) is 0 Å². The number of hydrogen-bond acceptors (Lipinski definition) is 0. The quantitative estimate of drug-likeness (QED) is 0.655. The summed E-state index contributed by atoms with van der Waals surface area (Å²) < 4.78 is 0. The Hall–Kier alpha value is -0.490. The van der Waals surface area contributed by atoms with Crippen LogP contribution in [0.5, 0.6) is 0 Å². The maximum atomic E-state index is 6.42. The first kappa shape index (κ1) is 12.0. The molecule has 1 aromatic rings. The molecule has 1 saturated carbocycles. The lowest BCUT2D eigenvalue weighted by atomic mass is 9.83. The lowest BCUT2D eigenvalue weighted by molar-refractivity contribution is 0.450. The van der Waals surface area contributed by atoms with Crippen LogP contribution in [0.25, 0.3) is 0 Å². The molecule has 0 amide bonds. The Balaban J connectivity index is 2.08. The smallest absolute Gasteiger partial charge is 0.0404 e. The van der Waals surface area contributed by atoms with Gasteiger partial charge in [-0.1, -0.05) is 50.5 Å². The summed E-state index contributed by atoms with van der Waals surface area (Å²) in [5.74, 6) is 0.589. The highest BCUT2D eigenvalue weighted by Gasteiger charge is 2.24. The van der Waals surface area contributed by atoms with E-state index >= 15 is 0 Å². The SMILES string of the molecule is CCCc1ccc(C2CCCCC2Cl)cc1. The van der Waals surface area contributed by atoms with Gasteiger partial charge in [-0.25, -0.2) is 0 Å². The van der Waals surface area contributed by atoms with Crippen LogP contribution in [0.1, 0.15) is 56.1 Å². The average Bonchev–Trinajstić information content (AvgIpc) is 2.31. The summed E-state index contributed by atoms with van der Waals surface area (Å²) in [7, 11) is 0. The normalized spacial score (nSPS) is 25.6. The summed E-state index contributed by atoms with van der Waals surface area (Å²) in [5, 5.41) is 0.353. The van der Waals surface area contributed by atoms with E-state index in [0.717, 1.165) is 0 Å². The summed E-state index contributed by atoms with van der Waals surface area (Å²) >= 11 is 6.42. The van der Waals surface area contributed by atoms with Crippen LogP contribution in [0.2, 0.25) is 0 Å². The van der Waals surface area contributed by atoms with Crippen LogP contribution in [0.15, 0.2) is 24.3 Å². The topological polar surface area (TPSA) is 0 Å². The van der Waals surface area contributed by atoms with Crippen molar-refractivity contribution in [3.8, 4) is 0 Å². The highest BCUT2D eigenvalue weighted by molar-refractivity contribution is 6.21. The van der Waals surface area contributed by atoms with E-state index in [0.29, 0.717) is 11.3 Å². The molecule has 0 aliphatic heterocycles. The molecule has 1 fully saturated rings. The minimum atomic E-state index is 0.353. The molecule has 0 saturated heterocycles. The van der Waals surface area contributed by atoms with Gasteiger partial charge in [0.1, 0.15) is 0 Å². The Morgan fingerprint density at radius 1 is 1.12 bits per heavy atom. The number of halogens is 1. The van der Waals surface area contributed by atoms with Gasteiger partial charge in [-0.3, -0.25) is 0 Å². The Morgan fingerprint density at radius 3 is 2.44 bits per heavy atom. The molecule has 0 heterocycles. The van der Waals surface area contributed by atoms with E-state index in [1.165, 1.54) is 49.7 Å². The van der Waals surface area contributed by atoms with E-state index in [1.807, 2.05) is 0 Å². The van der Waals surface area contributed by atoms with Crippen molar-refractivity contribution in [3.05, 3.63) is 35.4 Å². The van der Waals surface area contributed by atoms with Crippen molar-refractivity contribution in [3.63, 3.8) is 0 Å². The maximum Gasteiger partial charge on any atom is 0.0404 e. The zero-order valence-corrected chi connectivity index (χ0v) is 10.8. The summed E-state index contributed by atoms with van der Waals surface area (Å²) in [5.41, 5.74) is 2.90. The second kappa shape index (κ2) is 5.72. The fourth-order valence-corrected chi connectivity index (χ4v) is 3.11. The molecular formula is C15H21Cl.